The van der Waals surface area contributed by atoms with E-state index in [0.29, 0.717) is 12.5 Å². The monoisotopic (exact) mass is 276 g/mol. The number of carbonyl (C=O) groups is 1. The van der Waals surface area contributed by atoms with Crippen LogP contribution in [0.3, 0.4) is 0 Å². The standard InChI is InChI=1S/C16H24N2O2/c1-12-7-8-14(17-10-12)13-6-5-9-18(11-13)15(19)20-16(2,3)4/h7-8,10,13H,5-6,9,11H2,1-4H3/t13-/m0/s1. The van der Waals surface area contributed by atoms with Crippen molar-refractivity contribution in [3.05, 3.63) is 29.6 Å². The fourth-order valence-electron chi connectivity index (χ4n) is 2.43. The minimum Gasteiger partial charge on any atom is -0.444 e. The molecule has 1 aromatic heterocycles. The van der Waals surface area contributed by atoms with Gasteiger partial charge in [-0.25, -0.2) is 4.79 Å². The van der Waals surface area contributed by atoms with Crippen molar-refractivity contribution < 1.29 is 9.53 Å². The Morgan fingerprint density at radius 3 is 2.75 bits per heavy atom. The number of aryl methyl sites for hydroxylation is 1. The van der Waals surface area contributed by atoms with E-state index in [0.717, 1.165) is 30.6 Å². The van der Waals surface area contributed by atoms with Gasteiger partial charge in [0.25, 0.3) is 0 Å². The van der Waals surface area contributed by atoms with Crippen LogP contribution in [0.15, 0.2) is 18.3 Å². The number of hydrogen-bond donors (Lipinski definition) is 0. The molecule has 2 rings (SSSR count). The zero-order chi connectivity index (χ0) is 14.8. The van der Waals surface area contributed by atoms with Gasteiger partial charge in [0, 0.05) is 30.9 Å². The molecular weight excluding hydrogens is 252 g/mol. The molecule has 0 N–H and O–H groups in total. The van der Waals surface area contributed by atoms with Crippen molar-refractivity contribution in [3.63, 3.8) is 0 Å². The van der Waals surface area contributed by atoms with E-state index in [1.54, 1.807) is 4.90 Å². The number of nitrogens with zero attached hydrogens (tertiary/aromatic N) is 2. The van der Waals surface area contributed by atoms with Crippen molar-refractivity contribution in [3.8, 4) is 0 Å². The molecule has 4 heteroatoms. The van der Waals surface area contributed by atoms with Crippen LogP contribution in [-0.4, -0.2) is 34.7 Å². The normalized spacial score (nSPS) is 19.8. The molecule has 0 radical (unpaired) electrons. The SMILES string of the molecule is Cc1ccc([C@H]2CCCN(C(=O)OC(C)(C)C)C2)nc1. The summed E-state index contributed by atoms with van der Waals surface area (Å²) >= 11 is 0. The van der Waals surface area contributed by atoms with Crippen LogP contribution in [0.25, 0.3) is 0 Å². The first kappa shape index (κ1) is 14.8. The average Bonchev–Trinajstić information content (AvgIpc) is 2.38. The third-order valence-electron chi connectivity index (χ3n) is 3.43. The summed E-state index contributed by atoms with van der Waals surface area (Å²) in [5.74, 6) is 0.317. The maximum Gasteiger partial charge on any atom is 0.410 e. The minimum atomic E-state index is -0.438. The van der Waals surface area contributed by atoms with Crippen LogP contribution in [0.2, 0.25) is 0 Å². The second-order valence-electron chi connectivity index (χ2n) is 6.53. The first-order valence-electron chi connectivity index (χ1n) is 7.25. The summed E-state index contributed by atoms with van der Waals surface area (Å²) in [6, 6.07) is 4.15. The highest BCUT2D eigenvalue weighted by Gasteiger charge is 2.28. The van der Waals surface area contributed by atoms with E-state index in [4.69, 9.17) is 4.74 Å². The van der Waals surface area contributed by atoms with Gasteiger partial charge >= 0.3 is 6.09 Å². The second-order valence-corrected chi connectivity index (χ2v) is 6.53. The minimum absolute atomic E-state index is 0.214. The molecule has 1 amide bonds. The van der Waals surface area contributed by atoms with Crippen molar-refractivity contribution in [2.45, 2.75) is 52.1 Å². The van der Waals surface area contributed by atoms with Crippen LogP contribution in [0.1, 0.15) is 50.8 Å². The zero-order valence-electron chi connectivity index (χ0n) is 12.8. The van der Waals surface area contributed by atoms with Gasteiger partial charge in [-0.1, -0.05) is 6.07 Å². The molecule has 4 nitrogen and oxygen atoms in total. The second kappa shape index (κ2) is 5.81. The van der Waals surface area contributed by atoms with Crippen LogP contribution in [0.4, 0.5) is 4.79 Å². The van der Waals surface area contributed by atoms with E-state index in [9.17, 15) is 4.79 Å². The van der Waals surface area contributed by atoms with Gasteiger partial charge in [0.05, 0.1) is 0 Å². The molecule has 20 heavy (non-hydrogen) atoms. The topological polar surface area (TPSA) is 42.4 Å². The Labute approximate surface area is 121 Å². The fraction of sp³-hybridized carbons (Fsp3) is 0.625. The Balaban J connectivity index is 2.01. The first-order valence-corrected chi connectivity index (χ1v) is 7.25. The molecule has 1 aliphatic heterocycles. The Kier molecular flexibility index (Phi) is 4.31. The zero-order valence-corrected chi connectivity index (χ0v) is 12.8. The molecule has 1 aliphatic rings. The van der Waals surface area contributed by atoms with Crippen molar-refractivity contribution in [2.75, 3.05) is 13.1 Å². The van der Waals surface area contributed by atoms with Crippen molar-refractivity contribution in [2.24, 2.45) is 0 Å². The summed E-state index contributed by atoms with van der Waals surface area (Å²) in [6.07, 6.45) is 3.76. The van der Waals surface area contributed by atoms with E-state index in [2.05, 4.69) is 17.1 Å². The van der Waals surface area contributed by atoms with E-state index in [1.165, 1.54) is 0 Å². The molecule has 1 saturated heterocycles. The third-order valence-corrected chi connectivity index (χ3v) is 3.43. The summed E-state index contributed by atoms with van der Waals surface area (Å²) in [5, 5.41) is 0. The first-order chi connectivity index (χ1) is 9.35. The van der Waals surface area contributed by atoms with Crippen molar-refractivity contribution in [1.29, 1.82) is 0 Å². The molecular formula is C16H24N2O2. The maximum absolute atomic E-state index is 12.1. The molecule has 2 heterocycles. The van der Waals surface area contributed by atoms with E-state index >= 15 is 0 Å². The molecule has 1 aromatic rings. The highest BCUT2D eigenvalue weighted by atomic mass is 16.6. The third kappa shape index (κ3) is 3.95. The number of piperidine rings is 1. The van der Waals surface area contributed by atoms with Gasteiger partial charge in [-0.2, -0.15) is 0 Å². The Morgan fingerprint density at radius 1 is 1.40 bits per heavy atom. The Morgan fingerprint density at radius 2 is 2.15 bits per heavy atom. The van der Waals surface area contributed by atoms with Crippen LogP contribution < -0.4 is 0 Å². The molecule has 0 unspecified atom stereocenters. The number of carbonyl (C=O) groups excluding carboxylic acids is 1. The van der Waals surface area contributed by atoms with E-state index in [1.807, 2.05) is 33.9 Å². The van der Waals surface area contributed by atoms with Gasteiger partial charge in [-0.05, 0) is 52.2 Å². The van der Waals surface area contributed by atoms with Gasteiger partial charge in [0.15, 0.2) is 0 Å². The largest absolute Gasteiger partial charge is 0.444 e. The molecule has 110 valence electrons. The smallest absolute Gasteiger partial charge is 0.410 e. The van der Waals surface area contributed by atoms with Gasteiger partial charge < -0.3 is 9.64 Å². The van der Waals surface area contributed by atoms with Crippen LogP contribution in [-0.2, 0) is 4.74 Å². The van der Waals surface area contributed by atoms with Gasteiger partial charge in [-0.15, -0.1) is 0 Å². The van der Waals surface area contributed by atoms with Crippen LogP contribution in [0, 0.1) is 6.92 Å². The lowest BCUT2D eigenvalue weighted by atomic mass is 9.94. The highest BCUT2D eigenvalue weighted by Crippen LogP contribution is 2.26. The van der Waals surface area contributed by atoms with Gasteiger partial charge in [0.1, 0.15) is 5.60 Å². The predicted octanol–water partition coefficient (Wildman–Crippen LogP) is 3.50. The lowest BCUT2D eigenvalue weighted by molar-refractivity contribution is 0.0197. The lowest BCUT2D eigenvalue weighted by Gasteiger charge is -2.33. The number of aromatic nitrogens is 1. The summed E-state index contributed by atoms with van der Waals surface area (Å²) < 4.78 is 5.45. The van der Waals surface area contributed by atoms with Gasteiger partial charge in [-0.3, -0.25) is 4.98 Å². The number of pyridine rings is 1. The molecule has 0 spiro atoms. The van der Waals surface area contributed by atoms with Gasteiger partial charge in [0.2, 0.25) is 0 Å². The predicted molar refractivity (Wildman–Crippen MR) is 78.8 cm³/mol. The molecule has 0 aliphatic carbocycles. The summed E-state index contributed by atoms with van der Waals surface area (Å²) in [5.41, 5.74) is 1.80. The maximum atomic E-state index is 12.1. The van der Waals surface area contributed by atoms with Crippen LogP contribution >= 0.6 is 0 Å². The fourth-order valence-corrected chi connectivity index (χ4v) is 2.43. The summed E-state index contributed by atoms with van der Waals surface area (Å²) in [6.45, 7) is 9.20. The summed E-state index contributed by atoms with van der Waals surface area (Å²) in [7, 11) is 0. The Hall–Kier alpha value is -1.58. The Bertz CT molecular complexity index is 462. The average molecular weight is 276 g/mol. The molecule has 1 fully saturated rings. The molecule has 0 bridgehead atoms. The quantitative estimate of drug-likeness (QED) is 0.788. The lowest BCUT2D eigenvalue weighted by Crippen LogP contribution is -2.42. The van der Waals surface area contributed by atoms with Crippen LogP contribution in [0.5, 0.6) is 0 Å². The number of amides is 1. The van der Waals surface area contributed by atoms with E-state index < -0.39 is 5.60 Å². The number of hydrogen-bond acceptors (Lipinski definition) is 3. The summed E-state index contributed by atoms with van der Waals surface area (Å²) in [4.78, 5) is 18.4. The molecule has 0 aromatic carbocycles. The highest BCUT2D eigenvalue weighted by molar-refractivity contribution is 5.68. The number of rotatable bonds is 1. The number of likely N-dealkylation sites (tertiary alicyclic amines) is 1. The van der Waals surface area contributed by atoms with E-state index in [-0.39, 0.29) is 6.09 Å². The van der Waals surface area contributed by atoms with Crippen molar-refractivity contribution >= 4 is 6.09 Å². The molecule has 0 saturated carbocycles. The van der Waals surface area contributed by atoms with Crippen molar-refractivity contribution in [1.82, 2.24) is 9.88 Å². The number of ether oxygens (including phenoxy) is 1. The molecule has 1 atom stereocenters.